The topological polar surface area (TPSA) is 32.8 Å². The maximum Gasteiger partial charge on any atom is 0.254 e. The van der Waals surface area contributed by atoms with Gasteiger partial charge in [0.05, 0.1) is 6.10 Å². The Balaban J connectivity index is 2.27. The molecule has 1 heterocycles. The molecule has 0 aliphatic carbocycles. The van der Waals surface area contributed by atoms with Crippen LogP contribution in [0.15, 0.2) is 0 Å². The molecule has 1 aliphatic rings. The lowest BCUT2D eigenvalue weighted by Crippen LogP contribution is -2.34. The van der Waals surface area contributed by atoms with Gasteiger partial charge in [0, 0.05) is 13.1 Å². The van der Waals surface area contributed by atoms with E-state index in [9.17, 15) is 4.79 Å². The van der Waals surface area contributed by atoms with Crippen molar-refractivity contribution in [2.45, 2.75) is 52.2 Å². The Labute approximate surface area is 86.4 Å². The van der Waals surface area contributed by atoms with Gasteiger partial charge in [0.25, 0.3) is 5.91 Å². The zero-order chi connectivity index (χ0) is 10.6. The van der Waals surface area contributed by atoms with Crippen molar-refractivity contribution in [3.05, 3.63) is 0 Å². The molecule has 1 fully saturated rings. The number of carbonyl (C=O) groups is 1. The van der Waals surface area contributed by atoms with Crippen LogP contribution in [0.4, 0.5) is 0 Å². The summed E-state index contributed by atoms with van der Waals surface area (Å²) in [4.78, 5) is 13.6. The first-order valence-electron chi connectivity index (χ1n) is 5.68. The summed E-state index contributed by atoms with van der Waals surface area (Å²) in [5, 5.41) is 0. The van der Waals surface area contributed by atoms with Crippen molar-refractivity contribution in [1.82, 2.24) is 4.90 Å². The molecule has 1 saturated heterocycles. The molecule has 0 aromatic rings. The van der Waals surface area contributed by atoms with E-state index < -0.39 is 0 Å². The molecule has 0 aromatic heterocycles. The molecule has 0 N–H and O–H groups in total. The molecular formula is C11H21NO2. The maximum atomic E-state index is 11.7. The van der Waals surface area contributed by atoms with Gasteiger partial charge in [0.1, 0.15) is 0 Å². The van der Waals surface area contributed by atoms with Crippen molar-refractivity contribution in [3.63, 3.8) is 0 Å². The van der Waals surface area contributed by atoms with Crippen LogP contribution in [0.1, 0.15) is 40.0 Å². The number of hydrogen-bond acceptors (Lipinski definition) is 2. The molecule has 1 amide bonds. The summed E-state index contributed by atoms with van der Waals surface area (Å²) in [6.45, 7) is 7.74. The number of nitrogens with zero attached hydrogens (tertiary/aromatic N) is 1. The van der Waals surface area contributed by atoms with Crippen LogP contribution >= 0.6 is 0 Å². The van der Waals surface area contributed by atoms with E-state index in [1.165, 1.54) is 6.42 Å². The SMILES string of the molecule is CCCC[C@@H]1O[C@H]1C(=O)N(CC)CC. The summed E-state index contributed by atoms with van der Waals surface area (Å²) in [6, 6.07) is 0. The molecule has 2 atom stereocenters. The summed E-state index contributed by atoms with van der Waals surface area (Å²) >= 11 is 0. The lowest BCUT2D eigenvalue weighted by atomic mass is 10.1. The van der Waals surface area contributed by atoms with Crippen molar-refractivity contribution in [1.29, 1.82) is 0 Å². The number of carbonyl (C=O) groups excluding carboxylic acids is 1. The Morgan fingerprint density at radius 3 is 2.43 bits per heavy atom. The predicted octanol–water partition coefficient (Wildman–Crippen LogP) is 1.81. The summed E-state index contributed by atoms with van der Waals surface area (Å²) in [7, 11) is 0. The Hall–Kier alpha value is -0.570. The van der Waals surface area contributed by atoms with Gasteiger partial charge in [-0.2, -0.15) is 0 Å². The van der Waals surface area contributed by atoms with Gasteiger partial charge in [0.2, 0.25) is 0 Å². The Morgan fingerprint density at radius 2 is 1.93 bits per heavy atom. The maximum absolute atomic E-state index is 11.7. The first-order chi connectivity index (χ1) is 6.74. The van der Waals surface area contributed by atoms with E-state index in [2.05, 4.69) is 6.92 Å². The third-order valence-electron chi connectivity index (χ3n) is 2.74. The lowest BCUT2D eigenvalue weighted by molar-refractivity contribution is -0.132. The molecule has 1 aliphatic heterocycles. The molecular weight excluding hydrogens is 178 g/mol. The molecule has 14 heavy (non-hydrogen) atoms. The molecule has 0 spiro atoms. The van der Waals surface area contributed by atoms with Crippen LogP contribution in [0.5, 0.6) is 0 Å². The minimum absolute atomic E-state index is 0.124. The fraction of sp³-hybridized carbons (Fsp3) is 0.909. The molecule has 0 aromatic carbocycles. The van der Waals surface area contributed by atoms with Gasteiger partial charge in [-0.25, -0.2) is 0 Å². The zero-order valence-electron chi connectivity index (χ0n) is 9.45. The van der Waals surface area contributed by atoms with Crippen LogP contribution in [-0.4, -0.2) is 36.1 Å². The average Bonchev–Trinajstić information content (AvgIpc) is 2.95. The van der Waals surface area contributed by atoms with Crippen molar-refractivity contribution in [2.75, 3.05) is 13.1 Å². The van der Waals surface area contributed by atoms with Gasteiger partial charge in [-0.3, -0.25) is 4.79 Å². The summed E-state index contributed by atoms with van der Waals surface area (Å²) in [6.07, 6.45) is 3.46. The average molecular weight is 199 g/mol. The van der Waals surface area contributed by atoms with E-state index in [1.54, 1.807) is 0 Å². The number of hydrogen-bond donors (Lipinski definition) is 0. The third-order valence-corrected chi connectivity index (χ3v) is 2.74. The van der Waals surface area contributed by atoms with Gasteiger partial charge in [-0.1, -0.05) is 19.8 Å². The van der Waals surface area contributed by atoms with E-state index in [4.69, 9.17) is 4.74 Å². The highest BCUT2D eigenvalue weighted by molar-refractivity contribution is 5.83. The Kier molecular flexibility index (Phi) is 4.39. The van der Waals surface area contributed by atoms with Crippen LogP contribution in [0.3, 0.4) is 0 Å². The van der Waals surface area contributed by atoms with E-state index in [0.717, 1.165) is 25.9 Å². The normalized spacial score (nSPS) is 24.8. The number of unbranched alkanes of at least 4 members (excludes halogenated alkanes) is 1. The second-order valence-electron chi connectivity index (χ2n) is 3.75. The fourth-order valence-corrected chi connectivity index (χ4v) is 1.70. The Morgan fingerprint density at radius 1 is 1.29 bits per heavy atom. The van der Waals surface area contributed by atoms with Crippen molar-refractivity contribution < 1.29 is 9.53 Å². The van der Waals surface area contributed by atoms with Crippen molar-refractivity contribution >= 4 is 5.91 Å². The van der Waals surface area contributed by atoms with Gasteiger partial charge < -0.3 is 9.64 Å². The zero-order valence-corrected chi connectivity index (χ0v) is 9.45. The molecule has 0 unspecified atom stereocenters. The minimum atomic E-state index is -0.124. The number of ether oxygens (including phenoxy) is 1. The molecule has 3 heteroatoms. The van der Waals surface area contributed by atoms with E-state index in [-0.39, 0.29) is 18.1 Å². The van der Waals surface area contributed by atoms with Crippen LogP contribution < -0.4 is 0 Å². The monoisotopic (exact) mass is 199 g/mol. The predicted molar refractivity (Wildman–Crippen MR) is 56.1 cm³/mol. The van der Waals surface area contributed by atoms with Gasteiger partial charge in [0.15, 0.2) is 6.10 Å². The second kappa shape index (κ2) is 5.35. The largest absolute Gasteiger partial charge is 0.359 e. The first kappa shape index (κ1) is 11.5. The number of amides is 1. The summed E-state index contributed by atoms with van der Waals surface area (Å²) < 4.78 is 5.37. The number of rotatable bonds is 6. The molecule has 1 rings (SSSR count). The molecule has 0 bridgehead atoms. The summed E-state index contributed by atoms with van der Waals surface area (Å²) in [5.41, 5.74) is 0. The number of epoxide rings is 1. The molecule has 0 radical (unpaired) electrons. The molecule has 3 nitrogen and oxygen atoms in total. The molecule has 82 valence electrons. The van der Waals surface area contributed by atoms with Gasteiger partial charge in [-0.05, 0) is 20.3 Å². The van der Waals surface area contributed by atoms with Crippen LogP contribution in [0.2, 0.25) is 0 Å². The highest BCUT2D eigenvalue weighted by atomic mass is 16.6. The standard InChI is InChI=1S/C11H21NO2/c1-4-7-8-9-10(14-9)11(13)12(5-2)6-3/h9-10H,4-8H2,1-3H3/t9-,10+/m0/s1. The third kappa shape index (κ3) is 2.71. The quantitative estimate of drug-likeness (QED) is 0.611. The highest BCUT2D eigenvalue weighted by Crippen LogP contribution is 2.28. The van der Waals surface area contributed by atoms with E-state index in [0.29, 0.717) is 0 Å². The first-order valence-corrected chi connectivity index (χ1v) is 5.68. The fourth-order valence-electron chi connectivity index (χ4n) is 1.70. The van der Waals surface area contributed by atoms with Crippen molar-refractivity contribution in [2.24, 2.45) is 0 Å². The minimum Gasteiger partial charge on any atom is -0.359 e. The van der Waals surface area contributed by atoms with E-state index >= 15 is 0 Å². The lowest BCUT2D eigenvalue weighted by Gasteiger charge is -2.16. The summed E-state index contributed by atoms with van der Waals surface area (Å²) in [5.74, 6) is 0.177. The Bertz CT molecular complexity index is 190. The van der Waals surface area contributed by atoms with Crippen LogP contribution in [0, 0.1) is 0 Å². The van der Waals surface area contributed by atoms with Crippen molar-refractivity contribution in [3.8, 4) is 0 Å². The molecule has 0 saturated carbocycles. The smallest absolute Gasteiger partial charge is 0.254 e. The van der Waals surface area contributed by atoms with Gasteiger partial charge >= 0.3 is 0 Å². The van der Waals surface area contributed by atoms with Crippen LogP contribution in [-0.2, 0) is 9.53 Å². The van der Waals surface area contributed by atoms with Gasteiger partial charge in [-0.15, -0.1) is 0 Å². The van der Waals surface area contributed by atoms with Crippen LogP contribution in [0.25, 0.3) is 0 Å². The second-order valence-corrected chi connectivity index (χ2v) is 3.75. The highest BCUT2D eigenvalue weighted by Gasteiger charge is 2.45. The number of likely N-dealkylation sites (N-methyl/N-ethyl adjacent to an activating group) is 1. The van der Waals surface area contributed by atoms with E-state index in [1.807, 2.05) is 18.7 Å².